The maximum Gasteiger partial charge on any atom is 0.0779 e. The van der Waals surface area contributed by atoms with Crippen molar-refractivity contribution >= 4 is 77.5 Å². The number of aromatic nitrogens is 3. The minimum Gasteiger partial charge on any atom is -0.353 e. The van der Waals surface area contributed by atoms with Gasteiger partial charge in [-0.15, -0.1) is 0 Å². The Hall–Kier alpha value is -8.08. The van der Waals surface area contributed by atoms with Crippen molar-refractivity contribution in [1.29, 1.82) is 0 Å². The van der Waals surface area contributed by atoms with E-state index in [1.165, 1.54) is 112 Å². The van der Waals surface area contributed by atoms with Crippen LogP contribution in [0, 0.1) is 23.7 Å². The van der Waals surface area contributed by atoms with Crippen LogP contribution in [0.5, 0.6) is 0 Å². The van der Waals surface area contributed by atoms with Crippen molar-refractivity contribution in [3.8, 4) is 28.2 Å². The van der Waals surface area contributed by atoms with E-state index in [2.05, 4.69) is 231 Å². The molecular formula is C63H46N4. The summed E-state index contributed by atoms with van der Waals surface area (Å²) in [6.07, 6.45) is 15.6. The summed E-state index contributed by atoms with van der Waals surface area (Å²) in [7, 11) is 0. The Morgan fingerprint density at radius 2 is 1.10 bits per heavy atom. The van der Waals surface area contributed by atoms with E-state index in [0.717, 1.165) is 23.5 Å². The molecule has 0 amide bonds. The average Bonchev–Trinajstić information content (AvgIpc) is 4.27. The predicted octanol–water partition coefficient (Wildman–Crippen LogP) is 16.0. The summed E-state index contributed by atoms with van der Waals surface area (Å²) < 4.78 is 7.59. The van der Waals surface area contributed by atoms with E-state index in [1.54, 1.807) is 0 Å². The third kappa shape index (κ3) is 5.72. The molecule has 4 aliphatic carbocycles. The van der Waals surface area contributed by atoms with Gasteiger partial charge in [0.25, 0.3) is 0 Å². The third-order valence-corrected chi connectivity index (χ3v) is 15.5. The lowest BCUT2D eigenvalue weighted by Crippen LogP contribution is -2.05. The Balaban J connectivity index is 1.05. The van der Waals surface area contributed by atoms with Gasteiger partial charge in [0.2, 0.25) is 0 Å². The molecule has 15 rings (SSSR count). The van der Waals surface area contributed by atoms with E-state index in [0.29, 0.717) is 23.7 Å². The van der Waals surface area contributed by atoms with Crippen LogP contribution in [-0.4, -0.2) is 13.7 Å². The Bertz CT molecular complexity index is 3930. The van der Waals surface area contributed by atoms with Crippen molar-refractivity contribution in [2.75, 3.05) is 5.32 Å². The summed E-state index contributed by atoms with van der Waals surface area (Å²) in [6.45, 7) is 0. The molecular weight excluding hydrogens is 813 g/mol. The number of hydrogen-bond acceptors (Lipinski definition) is 1. The number of fused-ring (bicyclic) bond motifs is 11. The number of nitrogens with one attached hydrogen (secondary N) is 1. The van der Waals surface area contributed by atoms with Gasteiger partial charge >= 0.3 is 0 Å². The number of para-hydroxylation sites is 4. The zero-order chi connectivity index (χ0) is 43.7. The second-order valence-electron chi connectivity index (χ2n) is 19.3. The van der Waals surface area contributed by atoms with Gasteiger partial charge in [0.1, 0.15) is 0 Å². The number of anilines is 2. The van der Waals surface area contributed by atoms with Gasteiger partial charge in [-0.25, -0.2) is 0 Å². The molecule has 0 aliphatic heterocycles. The zero-order valence-electron chi connectivity index (χ0n) is 37.0. The maximum atomic E-state index is 4.07. The highest BCUT2D eigenvalue weighted by Crippen LogP contribution is 2.55. The molecule has 4 aliphatic rings. The SMILES string of the molecule is C1=CC2CC2C(c2ccc3c4c(n(-c5cc(-c6ccccc6)cc(-n6c7ccccc7c7cc8c(cc76)c6ccccc6n8-c6ccccc6)c5)c3c2Nc2ccccc2)C=CC2CC2C4)=C1. The number of hydrogen-bond donors (Lipinski definition) is 1. The van der Waals surface area contributed by atoms with Gasteiger partial charge in [-0.05, 0) is 138 Å². The lowest BCUT2D eigenvalue weighted by atomic mass is 9.93. The molecule has 4 atom stereocenters. The van der Waals surface area contributed by atoms with Crippen molar-refractivity contribution in [3.05, 3.63) is 223 Å². The maximum absolute atomic E-state index is 4.07. The van der Waals surface area contributed by atoms with Crippen molar-refractivity contribution in [1.82, 2.24) is 13.7 Å². The van der Waals surface area contributed by atoms with E-state index in [-0.39, 0.29) is 0 Å². The summed E-state index contributed by atoms with van der Waals surface area (Å²) >= 11 is 0. The highest BCUT2D eigenvalue weighted by molar-refractivity contribution is 6.19. The Morgan fingerprint density at radius 1 is 0.463 bits per heavy atom. The Labute approximate surface area is 389 Å². The van der Waals surface area contributed by atoms with Crippen LogP contribution in [0.2, 0.25) is 0 Å². The molecule has 318 valence electrons. The standard InChI is InChI=1S/C63H46N4/c1-4-15-39(16-5-1)43-32-46(66-58-26-13-11-23-50(58)56-37-60-55(38-61(56)66)49-22-10-12-25-57(49)65(60)45-20-8-3-9-21-45)36-47(33-43)67-59-30-27-40-31-42(40)35-54(59)52-29-28-51(48-24-14-17-41-34-53(41)48)62(63(52)67)64-44-18-6-2-7-19-44/h1-30,32-33,36-38,40-42,53,64H,31,34-35H2. The van der Waals surface area contributed by atoms with Gasteiger partial charge in [-0.3, -0.25) is 0 Å². The van der Waals surface area contributed by atoms with E-state index in [4.69, 9.17) is 0 Å². The average molecular weight is 859 g/mol. The molecule has 4 heteroatoms. The van der Waals surface area contributed by atoms with Crippen molar-refractivity contribution < 1.29 is 0 Å². The van der Waals surface area contributed by atoms with Crippen LogP contribution in [0.15, 0.2) is 206 Å². The molecule has 1 N–H and O–H groups in total. The molecule has 0 saturated heterocycles. The molecule has 8 aromatic carbocycles. The first-order valence-corrected chi connectivity index (χ1v) is 24.0. The van der Waals surface area contributed by atoms with E-state index in [9.17, 15) is 0 Å². The van der Waals surface area contributed by atoms with Gasteiger partial charge in [-0.2, -0.15) is 0 Å². The quantitative estimate of drug-likeness (QED) is 0.170. The van der Waals surface area contributed by atoms with Crippen LogP contribution in [-0.2, 0) is 6.42 Å². The van der Waals surface area contributed by atoms with Crippen molar-refractivity contribution in [3.63, 3.8) is 0 Å². The van der Waals surface area contributed by atoms with Crippen molar-refractivity contribution in [2.45, 2.75) is 19.3 Å². The second kappa shape index (κ2) is 14.2. The van der Waals surface area contributed by atoms with Gasteiger partial charge in [0.15, 0.2) is 0 Å². The monoisotopic (exact) mass is 858 g/mol. The minimum atomic E-state index is 0.559. The molecule has 4 unspecified atom stereocenters. The summed E-state index contributed by atoms with van der Waals surface area (Å²) in [4.78, 5) is 0. The summed E-state index contributed by atoms with van der Waals surface area (Å²) in [6, 6.07) is 67.5. The first-order valence-electron chi connectivity index (χ1n) is 24.0. The fourth-order valence-electron chi connectivity index (χ4n) is 12.1. The first kappa shape index (κ1) is 37.2. The largest absolute Gasteiger partial charge is 0.353 e. The summed E-state index contributed by atoms with van der Waals surface area (Å²) in [5, 5.41) is 10.4. The second-order valence-corrected chi connectivity index (χ2v) is 19.3. The molecule has 3 heterocycles. The van der Waals surface area contributed by atoms with Crippen LogP contribution < -0.4 is 5.32 Å². The van der Waals surface area contributed by atoms with Crippen molar-refractivity contribution in [2.24, 2.45) is 23.7 Å². The van der Waals surface area contributed by atoms with Gasteiger partial charge in [-0.1, -0.05) is 140 Å². The summed E-state index contributed by atoms with van der Waals surface area (Å²) in [5.74, 6) is 2.53. The summed E-state index contributed by atoms with van der Waals surface area (Å²) in [5.41, 5.74) is 19.7. The van der Waals surface area contributed by atoms with Crippen LogP contribution in [0.4, 0.5) is 11.4 Å². The molecule has 2 fully saturated rings. The number of rotatable bonds is 7. The molecule has 67 heavy (non-hydrogen) atoms. The number of benzene rings is 8. The Kier molecular flexibility index (Phi) is 7.88. The van der Waals surface area contributed by atoms with Crippen LogP contribution in [0.3, 0.4) is 0 Å². The van der Waals surface area contributed by atoms with Crippen LogP contribution >= 0.6 is 0 Å². The van der Waals surface area contributed by atoms with Gasteiger partial charge in [0.05, 0.1) is 33.3 Å². The van der Waals surface area contributed by atoms with Crippen LogP contribution in [0.1, 0.15) is 29.7 Å². The highest BCUT2D eigenvalue weighted by Gasteiger charge is 2.42. The predicted molar refractivity (Wildman–Crippen MR) is 280 cm³/mol. The molecule has 0 spiro atoms. The van der Waals surface area contributed by atoms with Gasteiger partial charge in [0, 0.05) is 60.9 Å². The zero-order valence-corrected chi connectivity index (χ0v) is 37.0. The smallest absolute Gasteiger partial charge is 0.0779 e. The van der Waals surface area contributed by atoms with E-state index >= 15 is 0 Å². The molecule has 4 nitrogen and oxygen atoms in total. The molecule has 3 aromatic heterocycles. The molecule has 0 radical (unpaired) electrons. The van der Waals surface area contributed by atoms with E-state index < -0.39 is 0 Å². The number of allylic oxidation sites excluding steroid dienone is 5. The third-order valence-electron chi connectivity index (χ3n) is 15.5. The lowest BCUT2D eigenvalue weighted by Gasteiger charge is -2.21. The number of nitrogens with zero attached hydrogens (tertiary/aromatic N) is 3. The molecule has 0 bridgehead atoms. The molecule has 2 saturated carbocycles. The topological polar surface area (TPSA) is 26.8 Å². The fraction of sp³-hybridized carbons (Fsp3) is 0.111. The normalized spacial score (nSPS) is 19.1. The van der Waals surface area contributed by atoms with E-state index in [1.807, 2.05) is 0 Å². The first-order chi connectivity index (χ1) is 33.2. The highest BCUT2D eigenvalue weighted by atomic mass is 15.0. The molecule has 11 aromatic rings. The fourth-order valence-corrected chi connectivity index (χ4v) is 12.1. The van der Waals surface area contributed by atoms with Crippen LogP contribution in [0.25, 0.3) is 94.4 Å². The Morgan fingerprint density at radius 3 is 1.84 bits per heavy atom. The van der Waals surface area contributed by atoms with Gasteiger partial charge < -0.3 is 19.0 Å². The lowest BCUT2D eigenvalue weighted by molar-refractivity contribution is 0.792. The minimum absolute atomic E-state index is 0.559.